The average Bonchev–Trinajstić information content (AvgIpc) is 2.65. The monoisotopic (exact) mass is 360 g/mol. The Hall–Kier alpha value is -2.65. The molecule has 3 rings (SSSR count). The molecule has 0 saturated heterocycles. The molecule has 0 amide bonds. The van der Waals surface area contributed by atoms with E-state index in [1.165, 1.54) is 12.1 Å². The summed E-state index contributed by atoms with van der Waals surface area (Å²) in [6.07, 6.45) is 1.68. The van der Waals surface area contributed by atoms with E-state index in [0.29, 0.717) is 0 Å². The van der Waals surface area contributed by atoms with Gasteiger partial charge in [0, 0.05) is 12.5 Å². The van der Waals surface area contributed by atoms with Crippen LogP contribution in [-0.4, -0.2) is 14.0 Å². The lowest BCUT2D eigenvalue weighted by molar-refractivity contribution is -0.144. The standard InChI is InChI=1S/C23H24O2Si/c1-18(24)25-23(16-17-26(2,3)20-12-5-4-6-13-20)22-15-9-11-19-10-7-8-14-21(19)22/h4-17,23H,1-3H3/b17-16+. The number of carbonyl (C=O) groups excluding carboxylic acids is 1. The van der Waals surface area contributed by atoms with Gasteiger partial charge >= 0.3 is 5.97 Å². The number of ether oxygens (including phenoxy) is 1. The molecular weight excluding hydrogens is 336 g/mol. The lowest BCUT2D eigenvalue weighted by Crippen LogP contribution is -2.39. The van der Waals surface area contributed by atoms with E-state index in [2.05, 4.69) is 67.3 Å². The van der Waals surface area contributed by atoms with E-state index in [4.69, 9.17) is 4.74 Å². The maximum atomic E-state index is 11.7. The highest BCUT2D eigenvalue weighted by Crippen LogP contribution is 2.28. The molecule has 0 aliphatic heterocycles. The van der Waals surface area contributed by atoms with Crippen LogP contribution in [0.15, 0.2) is 84.6 Å². The van der Waals surface area contributed by atoms with Gasteiger partial charge in [0.25, 0.3) is 0 Å². The van der Waals surface area contributed by atoms with Crippen molar-refractivity contribution < 1.29 is 9.53 Å². The summed E-state index contributed by atoms with van der Waals surface area (Å²) in [4.78, 5) is 11.7. The summed E-state index contributed by atoms with van der Waals surface area (Å²) in [5.74, 6) is -0.272. The Morgan fingerprint density at radius 1 is 0.923 bits per heavy atom. The Bertz CT molecular complexity index is 924. The van der Waals surface area contributed by atoms with Crippen molar-refractivity contribution in [3.8, 4) is 0 Å². The van der Waals surface area contributed by atoms with Crippen LogP contribution in [0.1, 0.15) is 18.6 Å². The van der Waals surface area contributed by atoms with E-state index in [1.54, 1.807) is 0 Å². The highest BCUT2D eigenvalue weighted by Gasteiger charge is 2.21. The number of esters is 1. The summed E-state index contributed by atoms with van der Waals surface area (Å²) in [6, 6.07) is 24.9. The van der Waals surface area contributed by atoms with Crippen molar-refractivity contribution in [3.05, 3.63) is 90.1 Å². The molecule has 132 valence electrons. The Kier molecular flexibility index (Phi) is 5.38. The van der Waals surface area contributed by atoms with Crippen LogP contribution in [0.5, 0.6) is 0 Å². The number of hydrogen-bond acceptors (Lipinski definition) is 2. The van der Waals surface area contributed by atoms with Gasteiger partial charge in [-0.15, -0.1) is 0 Å². The van der Waals surface area contributed by atoms with Crippen LogP contribution in [0.25, 0.3) is 10.8 Å². The van der Waals surface area contributed by atoms with Gasteiger partial charge in [0.15, 0.2) is 0 Å². The summed E-state index contributed by atoms with van der Waals surface area (Å²) in [7, 11) is -1.77. The second kappa shape index (κ2) is 7.71. The molecule has 3 aromatic rings. The van der Waals surface area contributed by atoms with Crippen molar-refractivity contribution in [2.24, 2.45) is 0 Å². The quantitative estimate of drug-likeness (QED) is 0.464. The summed E-state index contributed by atoms with van der Waals surface area (Å²) in [6.45, 7) is 6.06. The number of carbonyl (C=O) groups is 1. The van der Waals surface area contributed by atoms with Gasteiger partial charge in [-0.1, -0.05) is 96.8 Å². The maximum Gasteiger partial charge on any atom is 0.303 e. The number of hydrogen-bond donors (Lipinski definition) is 0. The largest absolute Gasteiger partial charge is 0.453 e. The zero-order valence-electron chi connectivity index (χ0n) is 15.5. The molecule has 2 nitrogen and oxygen atoms in total. The van der Waals surface area contributed by atoms with Crippen LogP contribution in [0.4, 0.5) is 0 Å². The minimum atomic E-state index is -1.77. The molecule has 0 fully saturated rings. The molecular formula is C23H24O2Si. The molecule has 0 aliphatic carbocycles. The number of rotatable bonds is 5. The van der Waals surface area contributed by atoms with Gasteiger partial charge in [-0.2, -0.15) is 0 Å². The molecule has 1 atom stereocenters. The summed E-state index contributed by atoms with van der Waals surface area (Å²) in [5.41, 5.74) is 3.28. The zero-order chi connectivity index (χ0) is 18.6. The highest BCUT2D eigenvalue weighted by atomic mass is 28.3. The van der Waals surface area contributed by atoms with Gasteiger partial charge in [-0.25, -0.2) is 0 Å². The van der Waals surface area contributed by atoms with Crippen LogP contribution >= 0.6 is 0 Å². The van der Waals surface area contributed by atoms with Gasteiger partial charge in [0.1, 0.15) is 14.2 Å². The first kappa shape index (κ1) is 18.1. The van der Waals surface area contributed by atoms with Crippen molar-refractivity contribution in [2.45, 2.75) is 26.1 Å². The predicted molar refractivity (Wildman–Crippen MR) is 111 cm³/mol. The number of benzene rings is 3. The molecule has 0 saturated carbocycles. The Balaban J connectivity index is 2.00. The Labute approximate surface area is 156 Å². The molecule has 0 spiro atoms. The maximum absolute atomic E-state index is 11.7. The first-order valence-corrected chi connectivity index (χ1v) is 11.9. The van der Waals surface area contributed by atoms with Crippen LogP contribution in [0, 0.1) is 0 Å². The van der Waals surface area contributed by atoms with Crippen molar-refractivity contribution in [1.29, 1.82) is 0 Å². The first-order valence-electron chi connectivity index (χ1n) is 8.87. The molecule has 3 heteroatoms. The van der Waals surface area contributed by atoms with Gasteiger partial charge in [-0.3, -0.25) is 4.79 Å². The third-order valence-electron chi connectivity index (χ3n) is 4.63. The number of fused-ring (bicyclic) bond motifs is 1. The Morgan fingerprint density at radius 3 is 2.31 bits per heavy atom. The fourth-order valence-electron chi connectivity index (χ4n) is 3.18. The third kappa shape index (κ3) is 4.11. The molecule has 0 heterocycles. The second-order valence-corrected chi connectivity index (χ2v) is 11.4. The van der Waals surface area contributed by atoms with Crippen molar-refractivity contribution in [3.63, 3.8) is 0 Å². The minimum absolute atomic E-state index is 0.272. The molecule has 0 radical (unpaired) electrons. The summed E-state index contributed by atoms with van der Waals surface area (Å²) < 4.78 is 5.67. The van der Waals surface area contributed by atoms with Crippen LogP contribution in [0.3, 0.4) is 0 Å². The van der Waals surface area contributed by atoms with Crippen LogP contribution in [-0.2, 0) is 9.53 Å². The molecule has 1 unspecified atom stereocenters. The average molecular weight is 361 g/mol. The summed E-state index contributed by atoms with van der Waals surface area (Å²) >= 11 is 0. The van der Waals surface area contributed by atoms with Gasteiger partial charge in [0.2, 0.25) is 0 Å². The molecule has 26 heavy (non-hydrogen) atoms. The minimum Gasteiger partial charge on any atom is -0.453 e. The van der Waals surface area contributed by atoms with Gasteiger partial charge in [-0.05, 0) is 16.8 Å². The van der Waals surface area contributed by atoms with E-state index in [1.807, 2.05) is 30.3 Å². The molecule has 0 aromatic heterocycles. The summed E-state index contributed by atoms with van der Waals surface area (Å²) in [5, 5.41) is 3.62. The topological polar surface area (TPSA) is 26.3 Å². The van der Waals surface area contributed by atoms with Gasteiger partial charge < -0.3 is 4.74 Å². The smallest absolute Gasteiger partial charge is 0.303 e. The SMILES string of the molecule is CC(=O)OC(/C=C/[Si](C)(C)c1ccccc1)c1cccc2ccccc12. The molecule has 0 bridgehead atoms. The lowest BCUT2D eigenvalue weighted by Gasteiger charge is -2.21. The van der Waals surface area contributed by atoms with Crippen molar-refractivity contribution in [2.75, 3.05) is 0 Å². The molecule has 3 aromatic carbocycles. The second-order valence-electron chi connectivity index (χ2n) is 7.05. The fourth-order valence-corrected chi connectivity index (χ4v) is 5.08. The van der Waals surface area contributed by atoms with Gasteiger partial charge in [0.05, 0.1) is 0 Å². The van der Waals surface area contributed by atoms with E-state index < -0.39 is 8.07 Å². The van der Waals surface area contributed by atoms with E-state index >= 15 is 0 Å². The third-order valence-corrected chi connectivity index (χ3v) is 7.48. The van der Waals surface area contributed by atoms with E-state index in [9.17, 15) is 4.79 Å². The molecule has 0 N–H and O–H groups in total. The van der Waals surface area contributed by atoms with E-state index in [0.717, 1.165) is 16.3 Å². The first-order chi connectivity index (χ1) is 12.5. The van der Waals surface area contributed by atoms with Crippen molar-refractivity contribution >= 4 is 30.0 Å². The normalized spacial score (nSPS) is 13.0. The molecule has 0 aliphatic rings. The fraction of sp³-hybridized carbons (Fsp3) is 0.174. The lowest BCUT2D eigenvalue weighted by atomic mass is 10.0. The highest BCUT2D eigenvalue weighted by molar-refractivity contribution is 6.93. The Morgan fingerprint density at radius 2 is 1.58 bits per heavy atom. The zero-order valence-corrected chi connectivity index (χ0v) is 16.5. The van der Waals surface area contributed by atoms with E-state index in [-0.39, 0.29) is 12.1 Å². The van der Waals surface area contributed by atoms with Crippen molar-refractivity contribution in [1.82, 2.24) is 0 Å². The van der Waals surface area contributed by atoms with Crippen LogP contribution in [0.2, 0.25) is 13.1 Å². The van der Waals surface area contributed by atoms with Crippen LogP contribution < -0.4 is 5.19 Å². The predicted octanol–water partition coefficient (Wildman–Crippen LogP) is 5.16.